The number of hydrogen-bond donors (Lipinski definition) is 1. The third kappa shape index (κ3) is 4.35. The molecule has 2 aromatic rings. The van der Waals surface area contributed by atoms with Gasteiger partial charge in [-0.3, -0.25) is 4.79 Å². The van der Waals surface area contributed by atoms with Crippen LogP contribution in [0.2, 0.25) is 0 Å². The van der Waals surface area contributed by atoms with E-state index < -0.39 is 0 Å². The minimum Gasteiger partial charge on any atom is -0.352 e. The van der Waals surface area contributed by atoms with E-state index >= 15 is 0 Å². The lowest BCUT2D eigenvalue weighted by Crippen LogP contribution is -2.33. The second-order valence-electron chi connectivity index (χ2n) is 7.23. The number of rotatable bonds is 5. The number of nitrogens with one attached hydrogen (secondary N) is 1. The number of hydrogen-bond acceptors (Lipinski definition) is 3. The number of likely N-dealkylation sites (tertiary alicyclic amines) is 1. The van der Waals surface area contributed by atoms with Crippen LogP contribution in [0.25, 0.3) is 5.69 Å². The maximum absolute atomic E-state index is 12.7. The zero-order valence-electron chi connectivity index (χ0n) is 15.8. The summed E-state index contributed by atoms with van der Waals surface area (Å²) in [5, 5.41) is 7.67. The Kier molecular flexibility index (Phi) is 6.14. The molecule has 26 heavy (non-hydrogen) atoms. The standard InChI is InChI=1S/C20H27BrN4O/c1-14-19(15(2)25(23-14)18-6-4-17(21)5-7-18)20(26)22-11-8-16-9-12-24(3)13-10-16/h4-7,16H,8-13H2,1-3H3,(H,22,26). The van der Waals surface area contributed by atoms with Crippen molar-refractivity contribution < 1.29 is 4.79 Å². The first-order valence-electron chi connectivity index (χ1n) is 9.24. The van der Waals surface area contributed by atoms with Gasteiger partial charge in [0.05, 0.1) is 22.6 Å². The molecule has 0 radical (unpaired) electrons. The summed E-state index contributed by atoms with van der Waals surface area (Å²) in [5.41, 5.74) is 3.29. The molecule has 1 amide bonds. The van der Waals surface area contributed by atoms with Gasteiger partial charge in [0.1, 0.15) is 0 Å². The summed E-state index contributed by atoms with van der Waals surface area (Å²) in [6.45, 7) is 6.91. The molecule has 0 saturated carbocycles. The molecule has 1 N–H and O–H groups in total. The number of halogens is 1. The first-order chi connectivity index (χ1) is 12.5. The molecule has 1 aliphatic heterocycles. The minimum atomic E-state index is -0.0173. The SMILES string of the molecule is Cc1nn(-c2ccc(Br)cc2)c(C)c1C(=O)NCCC1CCN(C)CC1. The maximum Gasteiger partial charge on any atom is 0.255 e. The van der Waals surface area contributed by atoms with Gasteiger partial charge >= 0.3 is 0 Å². The topological polar surface area (TPSA) is 50.2 Å². The van der Waals surface area contributed by atoms with Gasteiger partial charge in [0.25, 0.3) is 5.91 Å². The quantitative estimate of drug-likeness (QED) is 0.804. The van der Waals surface area contributed by atoms with Crippen molar-refractivity contribution in [1.82, 2.24) is 20.0 Å². The van der Waals surface area contributed by atoms with Crippen molar-refractivity contribution in [2.24, 2.45) is 5.92 Å². The van der Waals surface area contributed by atoms with Crippen molar-refractivity contribution in [3.63, 3.8) is 0 Å². The predicted octanol–water partition coefficient (Wildman–Crippen LogP) is 3.71. The smallest absolute Gasteiger partial charge is 0.255 e. The Morgan fingerprint density at radius 3 is 2.54 bits per heavy atom. The van der Waals surface area contributed by atoms with Crippen LogP contribution in [0.15, 0.2) is 28.7 Å². The number of amides is 1. The fraction of sp³-hybridized carbons (Fsp3) is 0.500. The summed E-state index contributed by atoms with van der Waals surface area (Å²) in [5.74, 6) is 0.704. The molecule has 0 unspecified atom stereocenters. The Bertz CT molecular complexity index is 761. The Balaban J connectivity index is 1.63. The summed E-state index contributed by atoms with van der Waals surface area (Å²) in [6.07, 6.45) is 3.51. The molecule has 1 saturated heterocycles. The zero-order chi connectivity index (χ0) is 18.7. The fourth-order valence-corrected chi connectivity index (χ4v) is 3.90. The Hall–Kier alpha value is -1.66. The van der Waals surface area contributed by atoms with Crippen molar-refractivity contribution in [2.75, 3.05) is 26.7 Å². The molecular formula is C20H27BrN4O. The number of nitrogens with zero attached hydrogens (tertiary/aromatic N) is 3. The summed E-state index contributed by atoms with van der Waals surface area (Å²) in [7, 11) is 2.17. The van der Waals surface area contributed by atoms with Crippen LogP contribution in [-0.4, -0.2) is 47.3 Å². The van der Waals surface area contributed by atoms with E-state index in [2.05, 4.69) is 38.3 Å². The molecule has 0 atom stereocenters. The van der Waals surface area contributed by atoms with Crippen LogP contribution in [-0.2, 0) is 0 Å². The molecule has 6 heteroatoms. The molecule has 2 heterocycles. The number of carbonyl (C=O) groups excluding carboxylic acids is 1. The van der Waals surface area contributed by atoms with Crippen molar-refractivity contribution in [1.29, 1.82) is 0 Å². The Morgan fingerprint density at radius 1 is 1.23 bits per heavy atom. The lowest BCUT2D eigenvalue weighted by molar-refractivity contribution is 0.0947. The van der Waals surface area contributed by atoms with Gasteiger partial charge in [-0.2, -0.15) is 5.10 Å². The molecule has 1 aromatic heterocycles. The number of aryl methyl sites for hydroxylation is 1. The Labute approximate surface area is 163 Å². The van der Waals surface area contributed by atoms with Crippen molar-refractivity contribution >= 4 is 21.8 Å². The van der Waals surface area contributed by atoms with E-state index in [9.17, 15) is 4.79 Å². The number of carbonyl (C=O) groups is 1. The molecule has 1 fully saturated rings. The molecule has 0 spiro atoms. The molecule has 1 aliphatic rings. The van der Waals surface area contributed by atoms with Crippen LogP contribution in [0, 0.1) is 19.8 Å². The van der Waals surface area contributed by atoms with Gasteiger partial charge < -0.3 is 10.2 Å². The van der Waals surface area contributed by atoms with Gasteiger partial charge in [-0.05, 0) is 83.4 Å². The molecular weight excluding hydrogens is 392 g/mol. The molecule has 5 nitrogen and oxygen atoms in total. The van der Waals surface area contributed by atoms with Gasteiger partial charge in [-0.25, -0.2) is 4.68 Å². The van der Waals surface area contributed by atoms with E-state index in [0.717, 1.165) is 53.5 Å². The normalized spacial score (nSPS) is 16.0. The molecule has 0 aliphatic carbocycles. The molecule has 0 bridgehead atoms. The highest BCUT2D eigenvalue weighted by molar-refractivity contribution is 9.10. The molecule has 3 rings (SSSR count). The van der Waals surface area contributed by atoms with Gasteiger partial charge in [0, 0.05) is 11.0 Å². The van der Waals surface area contributed by atoms with Gasteiger partial charge in [-0.1, -0.05) is 15.9 Å². The zero-order valence-corrected chi connectivity index (χ0v) is 17.3. The second kappa shape index (κ2) is 8.35. The van der Waals surface area contributed by atoms with Crippen LogP contribution in [0.3, 0.4) is 0 Å². The highest BCUT2D eigenvalue weighted by Gasteiger charge is 2.20. The lowest BCUT2D eigenvalue weighted by atomic mass is 9.94. The summed E-state index contributed by atoms with van der Waals surface area (Å²) in [4.78, 5) is 15.1. The van der Waals surface area contributed by atoms with E-state index in [0.29, 0.717) is 5.56 Å². The third-order valence-corrected chi connectivity index (χ3v) is 5.79. The van der Waals surface area contributed by atoms with Crippen molar-refractivity contribution in [3.8, 4) is 5.69 Å². The number of aromatic nitrogens is 2. The largest absolute Gasteiger partial charge is 0.352 e. The van der Waals surface area contributed by atoms with E-state index in [1.165, 1.54) is 12.8 Å². The van der Waals surface area contributed by atoms with Crippen molar-refractivity contribution in [3.05, 3.63) is 45.7 Å². The van der Waals surface area contributed by atoms with E-state index in [4.69, 9.17) is 0 Å². The molecule has 140 valence electrons. The molecule has 1 aromatic carbocycles. The lowest BCUT2D eigenvalue weighted by Gasteiger charge is -2.28. The van der Waals surface area contributed by atoms with Gasteiger partial charge in [-0.15, -0.1) is 0 Å². The average molecular weight is 419 g/mol. The van der Waals surface area contributed by atoms with E-state index in [1.54, 1.807) is 0 Å². The highest BCUT2D eigenvalue weighted by Crippen LogP contribution is 2.21. The predicted molar refractivity (Wildman–Crippen MR) is 108 cm³/mol. The minimum absolute atomic E-state index is 0.0173. The van der Waals surface area contributed by atoms with Crippen LogP contribution >= 0.6 is 15.9 Å². The highest BCUT2D eigenvalue weighted by atomic mass is 79.9. The van der Waals surface area contributed by atoms with E-state index in [1.807, 2.05) is 42.8 Å². The van der Waals surface area contributed by atoms with Crippen LogP contribution in [0.1, 0.15) is 41.0 Å². The summed E-state index contributed by atoms with van der Waals surface area (Å²) in [6, 6.07) is 7.94. The summed E-state index contributed by atoms with van der Waals surface area (Å²) < 4.78 is 2.86. The number of benzene rings is 1. The Morgan fingerprint density at radius 2 is 1.88 bits per heavy atom. The average Bonchev–Trinajstić information content (AvgIpc) is 2.92. The van der Waals surface area contributed by atoms with Gasteiger partial charge in [0.2, 0.25) is 0 Å². The van der Waals surface area contributed by atoms with Gasteiger partial charge in [0.15, 0.2) is 0 Å². The monoisotopic (exact) mass is 418 g/mol. The first kappa shape index (κ1) is 19.1. The third-order valence-electron chi connectivity index (χ3n) is 5.27. The van der Waals surface area contributed by atoms with Crippen LogP contribution in [0.5, 0.6) is 0 Å². The maximum atomic E-state index is 12.7. The summed E-state index contributed by atoms with van der Waals surface area (Å²) >= 11 is 3.45. The van der Waals surface area contributed by atoms with Crippen molar-refractivity contribution in [2.45, 2.75) is 33.1 Å². The second-order valence-corrected chi connectivity index (χ2v) is 8.14. The van der Waals surface area contributed by atoms with Crippen LogP contribution in [0.4, 0.5) is 0 Å². The fourth-order valence-electron chi connectivity index (χ4n) is 3.63. The van der Waals surface area contributed by atoms with E-state index in [-0.39, 0.29) is 5.91 Å². The number of piperidine rings is 1. The first-order valence-corrected chi connectivity index (χ1v) is 10.0. The van der Waals surface area contributed by atoms with Crippen LogP contribution < -0.4 is 5.32 Å².